The molecule has 0 saturated heterocycles. The lowest BCUT2D eigenvalue weighted by Crippen LogP contribution is -2.08. The lowest BCUT2D eigenvalue weighted by molar-refractivity contribution is 0.145. The van der Waals surface area contributed by atoms with Gasteiger partial charge in [0.1, 0.15) is 0 Å². The van der Waals surface area contributed by atoms with Gasteiger partial charge in [-0.1, -0.05) is 22.0 Å². The lowest BCUT2D eigenvalue weighted by atomic mass is 10.2. The van der Waals surface area contributed by atoms with Gasteiger partial charge in [-0.15, -0.1) is 0 Å². The molecule has 1 rings (SSSR count). The molecule has 2 nitrogen and oxygen atoms in total. The maximum atomic E-state index is 5.29. The summed E-state index contributed by atoms with van der Waals surface area (Å²) >= 11 is 3.62. The lowest BCUT2D eigenvalue weighted by Gasteiger charge is -2.08. The van der Waals surface area contributed by atoms with Crippen LogP contribution in [0.15, 0.2) is 24.4 Å². The second-order valence-electron chi connectivity index (χ2n) is 3.11. The Labute approximate surface area is 93.8 Å². The van der Waals surface area contributed by atoms with Crippen LogP contribution in [0.25, 0.3) is 0 Å². The van der Waals surface area contributed by atoms with E-state index < -0.39 is 0 Å². The first-order valence-corrected chi connectivity index (χ1v) is 5.86. The Morgan fingerprint density at radius 1 is 1.50 bits per heavy atom. The first-order valence-electron chi connectivity index (χ1n) is 4.94. The number of hydrogen-bond acceptors (Lipinski definition) is 2. The van der Waals surface area contributed by atoms with Crippen LogP contribution in [-0.4, -0.2) is 23.0 Å². The van der Waals surface area contributed by atoms with E-state index in [9.17, 15) is 0 Å². The maximum absolute atomic E-state index is 5.29. The SMILES string of the molecule is CCOCCC(Br)Cc1ccccn1. The Bertz CT molecular complexity index is 240. The summed E-state index contributed by atoms with van der Waals surface area (Å²) in [6.07, 6.45) is 3.83. The minimum atomic E-state index is 0.462. The van der Waals surface area contributed by atoms with E-state index in [4.69, 9.17) is 4.74 Å². The molecule has 14 heavy (non-hydrogen) atoms. The molecular weight excluding hydrogens is 242 g/mol. The van der Waals surface area contributed by atoms with E-state index in [1.807, 2.05) is 25.3 Å². The molecule has 0 spiro atoms. The topological polar surface area (TPSA) is 22.1 Å². The molecule has 0 aromatic carbocycles. The van der Waals surface area contributed by atoms with Gasteiger partial charge in [0.05, 0.1) is 0 Å². The molecule has 1 unspecified atom stereocenters. The van der Waals surface area contributed by atoms with Crippen molar-refractivity contribution in [3.8, 4) is 0 Å². The number of halogens is 1. The second-order valence-corrected chi connectivity index (χ2v) is 4.40. The highest BCUT2D eigenvalue weighted by Gasteiger charge is 2.05. The van der Waals surface area contributed by atoms with Gasteiger partial charge in [0.15, 0.2) is 0 Å². The molecule has 0 amide bonds. The summed E-state index contributed by atoms with van der Waals surface area (Å²) in [6.45, 7) is 3.63. The number of hydrogen-bond donors (Lipinski definition) is 0. The normalized spacial score (nSPS) is 12.7. The third kappa shape index (κ3) is 4.72. The molecule has 1 aromatic rings. The summed E-state index contributed by atoms with van der Waals surface area (Å²) in [6, 6.07) is 6.01. The van der Waals surface area contributed by atoms with Gasteiger partial charge in [-0.3, -0.25) is 4.98 Å². The molecule has 0 saturated carbocycles. The van der Waals surface area contributed by atoms with Crippen molar-refractivity contribution in [1.82, 2.24) is 4.98 Å². The highest BCUT2D eigenvalue weighted by atomic mass is 79.9. The van der Waals surface area contributed by atoms with Crippen LogP contribution < -0.4 is 0 Å². The second kappa shape index (κ2) is 6.96. The van der Waals surface area contributed by atoms with Crippen molar-refractivity contribution in [2.24, 2.45) is 0 Å². The Morgan fingerprint density at radius 2 is 2.36 bits per heavy atom. The van der Waals surface area contributed by atoms with Crippen molar-refractivity contribution in [1.29, 1.82) is 0 Å². The average molecular weight is 258 g/mol. The Hall–Kier alpha value is -0.410. The van der Waals surface area contributed by atoms with E-state index in [0.29, 0.717) is 4.83 Å². The molecule has 1 heterocycles. The fourth-order valence-electron chi connectivity index (χ4n) is 1.20. The van der Waals surface area contributed by atoms with E-state index in [2.05, 4.69) is 27.0 Å². The molecule has 1 aromatic heterocycles. The van der Waals surface area contributed by atoms with Gasteiger partial charge in [-0.25, -0.2) is 0 Å². The van der Waals surface area contributed by atoms with Gasteiger partial charge in [0.2, 0.25) is 0 Å². The Balaban J connectivity index is 2.23. The summed E-state index contributed by atoms with van der Waals surface area (Å²) in [4.78, 5) is 4.74. The summed E-state index contributed by atoms with van der Waals surface area (Å²) in [7, 11) is 0. The third-order valence-corrected chi connectivity index (χ3v) is 2.72. The van der Waals surface area contributed by atoms with Gasteiger partial charge in [0, 0.05) is 36.4 Å². The Kier molecular flexibility index (Phi) is 5.80. The highest BCUT2D eigenvalue weighted by Crippen LogP contribution is 2.11. The van der Waals surface area contributed by atoms with Crippen molar-refractivity contribution in [3.05, 3.63) is 30.1 Å². The fraction of sp³-hybridized carbons (Fsp3) is 0.545. The van der Waals surface area contributed by atoms with Crippen molar-refractivity contribution >= 4 is 15.9 Å². The highest BCUT2D eigenvalue weighted by molar-refractivity contribution is 9.09. The van der Waals surface area contributed by atoms with E-state index in [1.165, 1.54) is 0 Å². The first kappa shape index (κ1) is 11.7. The summed E-state index contributed by atoms with van der Waals surface area (Å²) in [5.74, 6) is 0. The van der Waals surface area contributed by atoms with E-state index >= 15 is 0 Å². The van der Waals surface area contributed by atoms with Crippen molar-refractivity contribution in [2.45, 2.75) is 24.6 Å². The van der Waals surface area contributed by atoms with E-state index in [0.717, 1.165) is 31.7 Å². The number of rotatable bonds is 6. The van der Waals surface area contributed by atoms with Crippen LogP contribution in [-0.2, 0) is 11.2 Å². The van der Waals surface area contributed by atoms with Crippen molar-refractivity contribution in [2.75, 3.05) is 13.2 Å². The molecule has 0 fully saturated rings. The number of pyridine rings is 1. The quantitative estimate of drug-likeness (QED) is 0.578. The fourth-order valence-corrected chi connectivity index (χ4v) is 1.72. The minimum absolute atomic E-state index is 0.462. The third-order valence-electron chi connectivity index (χ3n) is 1.94. The first-order chi connectivity index (χ1) is 6.83. The van der Waals surface area contributed by atoms with Gasteiger partial charge in [-0.05, 0) is 25.5 Å². The van der Waals surface area contributed by atoms with Gasteiger partial charge < -0.3 is 4.74 Å². The predicted octanol–water partition coefficient (Wildman–Crippen LogP) is 2.81. The van der Waals surface area contributed by atoms with Crippen LogP contribution >= 0.6 is 15.9 Å². The van der Waals surface area contributed by atoms with Crippen LogP contribution in [0, 0.1) is 0 Å². The standard InChI is InChI=1S/C11H16BrNO/c1-2-14-8-6-10(12)9-11-5-3-4-7-13-11/h3-5,7,10H,2,6,8-9H2,1H3. The van der Waals surface area contributed by atoms with Crippen LogP contribution in [0.1, 0.15) is 19.0 Å². The molecule has 0 aliphatic carbocycles. The minimum Gasteiger partial charge on any atom is -0.382 e. The average Bonchev–Trinajstić information content (AvgIpc) is 2.20. The summed E-state index contributed by atoms with van der Waals surface area (Å²) in [5, 5.41) is 0. The largest absolute Gasteiger partial charge is 0.382 e. The Morgan fingerprint density at radius 3 is 3.00 bits per heavy atom. The molecule has 0 aliphatic rings. The van der Waals surface area contributed by atoms with Crippen molar-refractivity contribution in [3.63, 3.8) is 0 Å². The zero-order valence-electron chi connectivity index (χ0n) is 8.45. The van der Waals surface area contributed by atoms with Gasteiger partial charge in [0.25, 0.3) is 0 Å². The van der Waals surface area contributed by atoms with Crippen LogP contribution in [0.3, 0.4) is 0 Å². The molecule has 78 valence electrons. The number of aromatic nitrogens is 1. The smallest absolute Gasteiger partial charge is 0.0476 e. The maximum Gasteiger partial charge on any atom is 0.0476 e. The molecule has 3 heteroatoms. The molecule has 0 bridgehead atoms. The monoisotopic (exact) mass is 257 g/mol. The molecule has 0 aliphatic heterocycles. The zero-order chi connectivity index (χ0) is 10.2. The zero-order valence-corrected chi connectivity index (χ0v) is 10.0. The van der Waals surface area contributed by atoms with E-state index in [-0.39, 0.29) is 0 Å². The number of alkyl halides is 1. The predicted molar refractivity (Wildman–Crippen MR) is 61.8 cm³/mol. The summed E-state index contributed by atoms with van der Waals surface area (Å²) < 4.78 is 5.29. The molecular formula is C11H16BrNO. The van der Waals surface area contributed by atoms with Crippen LogP contribution in [0.5, 0.6) is 0 Å². The van der Waals surface area contributed by atoms with E-state index in [1.54, 1.807) is 0 Å². The molecule has 1 atom stereocenters. The molecule has 0 radical (unpaired) electrons. The van der Waals surface area contributed by atoms with Gasteiger partial charge in [-0.2, -0.15) is 0 Å². The van der Waals surface area contributed by atoms with Crippen LogP contribution in [0.4, 0.5) is 0 Å². The van der Waals surface area contributed by atoms with Gasteiger partial charge >= 0.3 is 0 Å². The molecule has 0 N–H and O–H groups in total. The van der Waals surface area contributed by atoms with Crippen LogP contribution in [0.2, 0.25) is 0 Å². The van der Waals surface area contributed by atoms with Crippen molar-refractivity contribution < 1.29 is 4.74 Å². The summed E-state index contributed by atoms with van der Waals surface area (Å²) in [5.41, 5.74) is 1.13. The number of ether oxygens (including phenoxy) is 1. The number of nitrogens with zero attached hydrogens (tertiary/aromatic N) is 1.